The van der Waals surface area contributed by atoms with E-state index in [0.717, 1.165) is 15.9 Å². The van der Waals surface area contributed by atoms with Gasteiger partial charge in [-0.15, -0.1) is 0 Å². The Morgan fingerprint density at radius 1 is 1.42 bits per heavy atom. The Balaban J connectivity index is 2.17. The summed E-state index contributed by atoms with van der Waals surface area (Å²) in [5, 5.41) is 4.17. The van der Waals surface area contributed by atoms with Gasteiger partial charge in [-0.3, -0.25) is 0 Å². The molecule has 1 heterocycles. The molecule has 2 N–H and O–H groups in total. The molecule has 0 aliphatic rings. The topological polar surface area (TPSA) is 66.0 Å². The monoisotopic (exact) mass is 324 g/mol. The van der Waals surface area contributed by atoms with Gasteiger partial charge in [0.2, 0.25) is 0 Å². The fourth-order valence-electron chi connectivity index (χ4n) is 1.90. The number of aryl methyl sites for hydroxylation is 1. The molecule has 1 aromatic carbocycles. The van der Waals surface area contributed by atoms with Crippen molar-refractivity contribution in [1.82, 2.24) is 14.8 Å². The summed E-state index contributed by atoms with van der Waals surface area (Å²) < 4.78 is 8.57. The zero-order valence-corrected chi connectivity index (χ0v) is 12.8. The van der Waals surface area contributed by atoms with Crippen molar-refractivity contribution in [1.29, 1.82) is 0 Å². The summed E-state index contributed by atoms with van der Waals surface area (Å²) >= 11 is 3.41. The van der Waals surface area contributed by atoms with Crippen LogP contribution < -0.4 is 10.5 Å². The number of hydrogen-bond acceptors (Lipinski definition) is 4. The summed E-state index contributed by atoms with van der Waals surface area (Å²) in [5.41, 5.74) is 7.56. The minimum atomic E-state index is 0.254. The summed E-state index contributed by atoms with van der Waals surface area (Å²) in [6, 6.07) is 4.05. The lowest BCUT2D eigenvalue weighted by Crippen LogP contribution is -2.11. The van der Waals surface area contributed by atoms with Gasteiger partial charge in [0.15, 0.2) is 5.82 Å². The van der Waals surface area contributed by atoms with E-state index in [1.807, 2.05) is 23.7 Å². The molecular weight excluding hydrogens is 308 g/mol. The number of aromatic nitrogens is 3. The summed E-state index contributed by atoms with van der Waals surface area (Å²) in [7, 11) is 0. The van der Waals surface area contributed by atoms with Crippen molar-refractivity contribution in [3.8, 4) is 5.75 Å². The van der Waals surface area contributed by atoms with E-state index >= 15 is 0 Å². The Morgan fingerprint density at radius 2 is 2.16 bits per heavy atom. The maximum absolute atomic E-state index is 5.96. The number of anilines is 1. The molecule has 5 nitrogen and oxygen atoms in total. The second-order valence-corrected chi connectivity index (χ2v) is 5.56. The molecule has 0 fully saturated rings. The first kappa shape index (κ1) is 13.9. The van der Waals surface area contributed by atoms with Crippen molar-refractivity contribution in [2.45, 2.75) is 33.4 Å². The van der Waals surface area contributed by atoms with E-state index in [1.165, 1.54) is 6.33 Å². The molecular formula is C13H17BrN4O. The molecule has 0 bridgehead atoms. The highest BCUT2D eigenvalue weighted by molar-refractivity contribution is 9.10. The fourth-order valence-corrected chi connectivity index (χ4v) is 2.49. The fraction of sp³-hybridized carbons (Fsp3) is 0.385. The third-order valence-electron chi connectivity index (χ3n) is 2.75. The van der Waals surface area contributed by atoms with Crippen molar-refractivity contribution < 1.29 is 4.74 Å². The standard InChI is InChI=1S/C13H17BrN4O/c1-8(2)18-12(16-7-17-18)6-19-13-9(3)4-10(14)5-11(13)15/h4-5,7-8H,6,15H2,1-3H3. The van der Waals surface area contributed by atoms with Gasteiger partial charge in [0.25, 0.3) is 0 Å². The van der Waals surface area contributed by atoms with Gasteiger partial charge in [0.05, 0.1) is 5.69 Å². The molecule has 0 radical (unpaired) electrons. The van der Waals surface area contributed by atoms with E-state index in [4.69, 9.17) is 10.5 Å². The predicted octanol–water partition coefficient (Wildman–Crippen LogP) is 3.09. The maximum atomic E-state index is 5.96. The minimum absolute atomic E-state index is 0.254. The average molecular weight is 325 g/mol. The number of nitrogen functional groups attached to an aromatic ring is 1. The van der Waals surface area contributed by atoms with Crippen LogP contribution in [-0.4, -0.2) is 14.8 Å². The molecule has 0 amide bonds. The number of rotatable bonds is 4. The Bertz CT molecular complexity index is 557. The molecule has 0 atom stereocenters. The first-order chi connectivity index (χ1) is 8.99. The van der Waals surface area contributed by atoms with Crippen molar-refractivity contribution in [3.05, 3.63) is 34.3 Å². The molecule has 0 aliphatic carbocycles. The first-order valence-electron chi connectivity index (χ1n) is 6.06. The van der Waals surface area contributed by atoms with E-state index in [9.17, 15) is 0 Å². The van der Waals surface area contributed by atoms with Gasteiger partial charge in [-0.1, -0.05) is 15.9 Å². The quantitative estimate of drug-likeness (QED) is 0.877. The van der Waals surface area contributed by atoms with Crippen LogP contribution in [0.5, 0.6) is 5.75 Å². The van der Waals surface area contributed by atoms with Crippen LogP contribution in [0, 0.1) is 6.92 Å². The van der Waals surface area contributed by atoms with Crippen LogP contribution in [0.2, 0.25) is 0 Å². The molecule has 0 unspecified atom stereocenters. The maximum Gasteiger partial charge on any atom is 0.165 e. The molecule has 2 aromatic rings. The normalized spacial score (nSPS) is 11.0. The van der Waals surface area contributed by atoms with E-state index in [2.05, 4.69) is 39.9 Å². The van der Waals surface area contributed by atoms with Crippen LogP contribution in [0.4, 0.5) is 5.69 Å². The summed E-state index contributed by atoms with van der Waals surface area (Å²) in [6.45, 7) is 6.42. The largest absolute Gasteiger partial charge is 0.483 e. The van der Waals surface area contributed by atoms with Gasteiger partial charge >= 0.3 is 0 Å². The van der Waals surface area contributed by atoms with E-state index in [0.29, 0.717) is 18.0 Å². The van der Waals surface area contributed by atoms with Crippen LogP contribution >= 0.6 is 15.9 Å². The highest BCUT2D eigenvalue weighted by atomic mass is 79.9. The number of halogens is 1. The molecule has 0 aliphatic heterocycles. The molecule has 102 valence electrons. The van der Waals surface area contributed by atoms with Crippen molar-refractivity contribution >= 4 is 21.6 Å². The molecule has 2 rings (SSSR count). The third-order valence-corrected chi connectivity index (χ3v) is 3.21. The van der Waals surface area contributed by atoms with Crippen LogP contribution in [-0.2, 0) is 6.61 Å². The van der Waals surface area contributed by atoms with Crippen molar-refractivity contribution in [2.75, 3.05) is 5.73 Å². The zero-order chi connectivity index (χ0) is 14.0. The first-order valence-corrected chi connectivity index (χ1v) is 6.85. The van der Waals surface area contributed by atoms with Gasteiger partial charge in [0.1, 0.15) is 18.7 Å². The number of nitrogens with two attached hydrogens (primary N) is 1. The van der Waals surface area contributed by atoms with Gasteiger partial charge in [0, 0.05) is 10.5 Å². The molecule has 0 saturated carbocycles. The molecule has 1 aromatic heterocycles. The SMILES string of the molecule is Cc1cc(Br)cc(N)c1OCc1ncnn1C(C)C. The summed E-state index contributed by atoms with van der Waals surface area (Å²) in [5.74, 6) is 1.48. The van der Waals surface area contributed by atoms with Crippen molar-refractivity contribution in [3.63, 3.8) is 0 Å². The van der Waals surface area contributed by atoms with Crippen LogP contribution in [0.25, 0.3) is 0 Å². The van der Waals surface area contributed by atoms with Gasteiger partial charge in [-0.05, 0) is 38.5 Å². The lowest BCUT2D eigenvalue weighted by molar-refractivity contribution is 0.282. The second kappa shape index (κ2) is 5.61. The Morgan fingerprint density at radius 3 is 2.79 bits per heavy atom. The number of hydrogen-bond donors (Lipinski definition) is 1. The lowest BCUT2D eigenvalue weighted by Gasteiger charge is -2.13. The van der Waals surface area contributed by atoms with Crippen molar-refractivity contribution in [2.24, 2.45) is 0 Å². The van der Waals surface area contributed by atoms with Crippen LogP contribution in [0.3, 0.4) is 0 Å². The number of nitrogens with zero attached hydrogens (tertiary/aromatic N) is 3. The summed E-state index contributed by atoms with van der Waals surface area (Å²) in [6.07, 6.45) is 1.54. The van der Waals surface area contributed by atoms with E-state index in [1.54, 1.807) is 0 Å². The molecule has 0 spiro atoms. The number of benzene rings is 1. The lowest BCUT2D eigenvalue weighted by atomic mass is 10.2. The van der Waals surface area contributed by atoms with E-state index in [-0.39, 0.29) is 6.04 Å². The highest BCUT2D eigenvalue weighted by Crippen LogP contribution is 2.30. The van der Waals surface area contributed by atoms with Gasteiger partial charge in [-0.25, -0.2) is 9.67 Å². The van der Waals surface area contributed by atoms with Crippen LogP contribution in [0.1, 0.15) is 31.3 Å². The van der Waals surface area contributed by atoms with Gasteiger partial charge < -0.3 is 10.5 Å². The van der Waals surface area contributed by atoms with Crippen LogP contribution in [0.15, 0.2) is 22.9 Å². The zero-order valence-electron chi connectivity index (χ0n) is 11.2. The van der Waals surface area contributed by atoms with Gasteiger partial charge in [-0.2, -0.15) is 5.10 Å². The number of ether oxygens (including phenoxy) is 1. The minimum Gasteiger partial charge on any atom is -0.483 e. The predicted molar refractivity (Wildman–Crippen MR) is 78.0 cm³/mol. The summed E-state index contributed by atoms with van der Waals surface area (Å²) in [4.78, 5) is 4.21. The highest BCUT2D eigenvalue weighted by Gasteiger charge is 2.11. The molecule has 6 heteroatoms. The third kappa shape index (κ3) is 3.07. The molecule has 0 saturated heterocycles. The second-order valence-electron chi connectivity index (χ2n) is 4.64. The Kier molecular flexibility index (Phi) is 4.09. The molecule has 19 heavy (non-hydrogen) atoms. The van der Waals surface area contributed by atoms with E-state index < -0.39 is 0 Å². The average Bonchev–Trinajstić information content (AvgIpc) is 2.75. The Labute approximate surface area is 120 Å². The smallest absolute Gasteiger partial charge is 0.165 e. The Hall–Kier alpha value is -1.56.